The largest absolute Gasteiger partial charge is 0.481 e. The van der Waals surface area contributed by atoms with E-state index in [9.17, 15) is 0 Å². The predicted octanol–water partition coefficient (Wildman–Crippen LogP) is 2.26. The summed E-state index contributed by atoms with van der Waals surface area (Å²) in [5.41, 5.74) is 1.08. The van der Waals surface area contributed by atoms with Gasteiger partial charge in [-0.2, -0.15) is 0 Å². The normalized spacial score (nSPS) is 10.1. The first-order valence-corrected chi connectivity index (χ1v) is 5.45. The molecule has 15 heavy (non-hydrogen) atoms. The quantitative estimate of drug-likeness (QED) is 0.780. The summed E-state index contributed by atoms with van der Waals surface area (Å²) in [5.74, 6) is 1.59. The molecule has 1 aromatic heterocycles. The topological polar surface area (TPSA) is 47.0 Å². The molecule has 0 atom stereocenters. The molecule has 1 N–H and O–H groups in total. The minimum atomic E-state index is 0.686. The van der Waals surface area contributed by atoms with E-state index in [2.05, 4.69) is 29.1 Å². The number of rotatable bonds is 6. The van der Waals surface area contributed by atoms with Crippen molar-refractivity contribution in [2.45, 2.75) is 33.1 Å². The summed E-state index contributed by atoms with van der Waals surface area (Å²) < 4.78 is 5.23. The molecule has 1 heterocycles. The van der Waals surface area contributed by atoms with Crippen LogP contribution in [0.3, 0.4) is 0 Å². The third kappa shape index (κ3) is 3.08. The molecule has 0 aliphatic heterocycles. The second-order valence-electron chi connectivity index (χ2n) is 3.39. The minimum absolute atomic E-state index is 0.686. The van der Waals surface area contributed by atoms with Crippen LogP contribution in [0.4, 0.5) is 5.82 Å². The van der Waals surface area contributed by atoms with Crippen molar-refractivity contribution >= 4 is 5.82 Å². The van der Waals surface area contributed by atoms with Gasteiger partial charge in [0.2, 0.25) is 5.88 Å². The maximum absolute atomic E-state index is 5.23. The average molecular weight is 209 g/mol. The van der Waals surface area contributed by atoms with Crippen LogP contribution in [0.2, 0.25) is 0 Å². The van der Waals surface area contributed by atoms with Crippen molar-refractivity contribution in [3.8, 4) is 5.88 Å². The molecule has 0 saturated heterocycles. The monoisotopic (exact) mass is 209 g/mol. The van der Waals surface area contributed by atoms with E-state index < -0.39 is 0 Å². The lowest BCUT2D eigenvalue weighted by Gasteiger charge is -2.12. The standard InChI is InChI=1S/C11H19N3O/c1-4-6-9-10(12-7-5-2)13-8-14-11(9)15-3/h8H,4-7H2,1-3H3,(H,12,13,14). The van der Waals surface area contributed by atoms with E-state index in [0.29, 0.717) is 5.88 Å². The van der Waals surface area contributed by atoms with Crippen LogP contribution in [0.5, 0.6) is 5.88 Å². The maximum atomic E-state index is 5.23. The summed E-state index contributed by atoms with van der Waals surface area (Å²) in [7, 11) is 1.64. The Morgan fingerprint density at radius 2 is 2.07 bits per heavy atom. The van der Waals surface area contributed by atoms with Gasteiger partial charge in [-0.15, -0.1) is 0 Å². The number of aromatic nitrogens is 2. The smallest absolute Gasteiger partial charge is 0.221 e. The van der Waals surface area contributed by atoms with Crippen LogP contribution in [0.1, 0.15) is 32.3 Å². The van der Waals surface area contributed by atoms with Gasteiger partial charge in [-0.05, 0) is 12.8 Å². The SMILES string of the molecule is CCCNc1ncnc(OC)c1CCC. The first-order chi connectivity index (χ1) is 7.33. The molecule has 4 nitrogen and oxygen atoms in total. The summed E-state index contributed by atoms with van der Waals surface area (Å²) in [6, 6.07) is 0. The van der Waals surface area contributed by atoms with Gasteiger partial charge in [-0.1, -0.05) is 20.3 Å². The fourth-order valence-electron chi connectivity index (χ4n) is 1.44. The second-order valence-corrected chi connectivity index (χ2v) is 3.39. The lowest BCUT2D eigenvalue weighted by Crippen LogP contribution is -2.07. The first kappa shape index (κ1) is 11.8. The number of anilines is 1. The molecule has 0 saturated carbocycles. The van der Waals surface area contributed by atoms with E-state index in [4.69, 9.17) is 4.74 Å². The van der Waals surface area contributed by atoms with Crippen molar-refractivity contribution in [2.75, 3.05) is 19.0 Å². The van der Waals surface area contributed by atoms with Crippen molar-refractivity contribution in [1.82, 2.24) is 9.97 Å². The Bertz CT molecular complexity index is 302. The molecule has 4 heteroatoms. The zero-order valence-electron chi connectivity index (χ0n) is 9.71. The van der Waals surface area contributed by atoms with Gasteiger partial charge < -0.3 is 10.1 Å². The van der Waals surface area contributed by atoms with Gasteiger partial charge in [0.05, 0.1) is 12.7 Å². The van der Waals surface area contributed by atoms with Gasteiger partial charge in [-0.25, -0.2) is 9.97 Å². The second kappa shape index (κ2) is 6.22. The zero-order valence-corrected chi connectivity index (χ0v) is 9.71. The molecule has 84 valence electrons. The Balaban J connectivity index is 2.90. The molecule has 0 aliphatic rings. The van der Waals surface area contributed by atoms with E-state index >= 15 is 0 Å². The van der Waals surface area contributed by atoms with Gasteiger partial charge in [0.1, 0.15) is 12.1 Å². The highest BCUT2D eigenvalue weighted by Crippen LogP contribution is 2.22. The van der Waals surface area contributed by atoms with Crippen molar-refractivity contribution in [3.05, 3.63) is 11.9 Å². The molecule has 0 aliphatic carbocycles. The molecule has 1 aromatic rings. The summed E-state index contributed by atoms with van der Waals surface area (Å²) in [6.45, 7) is 5.19. The van der Waals surface area contributed by atoms with Crippen LogP contribution in [0.15, 0.2) is 6.33 Å². The molecule has 0 fully saturated rings. The highest BCUT2D eigenvalue weighted by molar-refractivity contribution is 5.48. The van der Waals surface area contributed by atoms with E-state index in [1.165, 1.54) is 6.33 Å². The molecule has 0 bridgehead atoms. The number of hydrogen-bond donors (Lipinski definition) is 1. The fourth-order valence-corrected chi connectivity index (χ4v) is 1.44. The van der Waals surface area contributed by atoms with Crippen molar-refractivity contribution in [3.63, 3.8) is 0 Å². The molecule has 0 spiro atoms. The van der Waals surface area contributed by atoms with Crippen LogP contribution < -0.4 is 10.1 Å². The van der Waals surface area contributed by atoms with Gasteiger partial charge in [-0.3, -0.25) is 0 Å². The molecule has 0 unspecified atom stereocenters. The van der Waals surface area contributed by atoms with Crippen LogP contribution in [0.25, 0.3) is 0 Å². The lowest BCUT2D eigenvalue weighted by atomic mass is 10.1. The number of ether oxygens (including phenoxy) is 1. The lowest BCUT2D eigenvalue weighted by molar-refractivity contribution is 0.391. The summed E-state index contributed by atoms with van der Waals surface area (Å²) >= 11 is 0. The van der Waals surface area contributed by atoms with E-state index in [1.807, 2.05) is 0 Å². The van der Waals surface area contributed by atoms with Gasteiger partial charge in [0.25, 0.3) is 0 Å². The summed E-state index contributed by atoms with van der Waals surface area (Å²) in [4.78, 5) is 8.35. The Labute approximate surface area is 91.1 Å². The highest BCUT2D eigenvalue weighted by atomic mass is 16.5. The van der Waals surface area contributed by atoms with E-state index in [-0.39, 0.29) is 0 Å². The van der Waals surface area contributed by atoms with E-state index in [1.54, 1.807) is 7.11 Å². The Hall–Kier alpha value is -1.32. The molecular formula is C11H19N3O. The van der Waals surface area contributed by atoms with Crippen LogP contribution in [0, 0.1) is 0 Å². The average Bonchev–Trinajstić information content (AvgIpc) is 2.28. The molecule has 1 rings (SSSR count). The zero-order chi connectivity index (χ0) is 11.1. The van der Waals surface area contributed by atoms with Crippen LogP contribution >= 0.6 is 0 Å². The number of nitrogens with one attached hydrogen (secondary N) is 1. The van der Waals surface area contributed by atoms with Crippen molar-refractivity contribution < 1.29 is 4.74 Å². The number of nitrogens with zero attached hydrogens (tertiary/aromatic N) is 2. The van der Waals surface area contributed by atoms with Crippen LogP contribution in [-0.4, -0.2) is 23.6 Å². The summed E-state index contributed by atoms with van der Waals surface area (Å²) in [6.07, 6.45) is 4.62. The highest BCUT2D eigenvalue weighted by Gasteiger charge is 2.10. The maximum Gasteiger partial charge on any atom is 0.221 e. The van der Waals surface area contributed by atoms with Crippen molar-refractivity contribution in [2.24, 2.45) is 0 Å². The van der Waals surface area contributed by atoms with Crippen molar-refractivity contribution in [1.29, 1.82) is 0 Å². The fraction of sp³-hybridized carbons (Fsp3) is 0.636. The third-order valence-electron chi connectivity index (χ3n) is 2.14. The number of methoxy groups -OCH3 is 1. The molecule has 0 radical (unpaired) electrons. The molecular weight excluding hydrogens is 190 g/mol. The molecule has 0 amide bonds. The molecule has 0 aromatic carbocycles. The van der Waals surface area contributed by atoms with Gasteiger partial charge in [0, 0.05) is 6.54 Å². The van der Waals surface area contributed by atoms with E-state index in [0.717, 1.165) is 37.2 Å². The summed E-state index contributed by atoms with van der Waals surface area (Å²) in [5, 5.41) is 3.29. The third-order valence-corrected chi connectivity index (χ3v) is 2.14. The Kier molecular flexibility index (Phi) is 4.87. The Morgan fingerprint density at radius 3 is 2.67 bits per heavy atom. The first-order valence-electron chi connectivity index (χ1n) is 5.45. The van der Waals surface area contributed by atoms with Gasteiger partial charge >= 0.3 is 0 Å². The van der Waals surface area contributed by atoms with Crippen LogP contribution in [-0.2, 0) is 6.42 Å². The predicted molar refractivity (Wildman–Crippen MR) is 61.4 cm³/mol. The Morgan fingerprint density at radius 1 is 1.27 bits per heavy atom. The number of hydrogen-bond acceptors (Lipinski definition) is 4. The van der Waals surface area contributed by atoms with Gasteiger partial charge in [0.15, 0.2) is 0 Å². The minimum Gasteiger partial charge on any atom is -0.481 e.